The van der Waals surface area contributed by atoms with Crippen molar-refractivity contribution in [3.63, 3.8) is 0 Å². The number of methoxy groups -OCH3 is 2. The van der Waals surface area contributed by atoms with Crippen molar-refractivity contribution in [2.24, 2.45) is 5.73 Å². The van der Waals surface area contributed by atoms with Crippen molar-refractivity contribution in [3.8, 4) is 22.9 Å². The highest BCUT2D eigenvalue weighted by Crippen LogP contribution is 2.31. The molecule has 0 aliphatic rings. The molecule has 2 N–H and O–H groups in total. The summed E-state index contributed by atoms with van der Waals surface area (Å²) in [6.07, 6.45) is 0. The Morgan fingerprint density at radius 2 is 2.12 bits per heavy atom. The quantitative estimate of drug-likeness (QED) is 0.857. The van der Waals surface area contributed by atoms with E-state index in [1.807, 2.05) is 0 Å². The van der Waals surface area contributed by atoms with Gasteiger partial charge in [-0.05, 0) is 18.2 Å². The minimum absolute atomic E-state index is 0.208. The Morgan fingerprint density at radius 1 is 1.29 bits per heavy atom. The van der Waals surface area contributed by atoms with Crippen molar-refractivity contribution in [3.05, 3.63) is 24.1 Å². The van der Waals surface area contributed by atoms with E-state index in [2.05, 4.69) is 10.1 Å². The van der Waals surface area contributed by atoms with E-state index in [1.54, 1.807) is 32.4 Å². The molecule has 0 amide bonds. The molecular weight excluding hydrogens is 222 g/mol. The first-order chi connectivity index (χ1) is 8.28. The Morgan fingerprint density at radius 3 is 2.71 bits per heavy atom. The van der Waals surface area contributed by atoms with Crippen molar-refractivity contribution in [2.45, 2.75) is 6.54 Å². The van der Waals surface area contributed by atoms with Gasteiger partial charge in [0.2, 0.25) is 11.7 Å². The SMILES string of the molecule is COc1ccc(OC)c(-c2noc(CN)n2)c1. The van der Waals surface area contributed by atoms with Gasteiger partial charge in [-0.25, -0.2) is 0 Å². The summed E-state index contributed by atoms with van der Waals surface area (Å²) >= 11 is 0. The normalized spacial score (nSPS) is 10.3. The summed E-state index contributed by atoms with van der Waals surface area (Å²) in [5.74, 6) is 2.15. The molecular formula is C11H13N3O3. The number of nitrogens with zero attached hydrogens (tertiary/aromatic N) is 2. The van der Waals surface area contributed by atoms with E-state index in [4.69, 9.17) is 19.7 Å². The highest BCUT2D eigenvalue weighted by molar-refractivity contribution is 5.65. The molecule has 0 aliphatic carbocycles. The third-order valence-electron chi connectivity index (χ3n) is 2.29. The number of hydrogen-bond donors (Lipinski definition) is 1. The Kier molecular flexibility index (Phi) is 3.24. The fourth-order valence-corrected chi connectivity index (χ4v) is 1.44. The van der Waals surface area contributed by atoms with Crippen LogP contribution in [0.2, 0.25) is 0 Å². The number of ether oxygens (including phenoxy) is 2. The second kappa shape index (κ2) is 4.84. The van der Waals surface area contributed by atoms with Gasteiger partial charge in [0.1, 0.15) is 11.5 Å². The number of hydrogen-bond acceptors (Lipinski definition) is 6. The molecule has 2 aromatic rings. The van der Waals surface area contributed by atoms with E-state index in [0.29, 0.717) is 28.8 Å². The lowest BCUT2D eigenvalue weighted by atomic mass is 10.2. The molecule has 0 aliphatic heterocycles. The molecule has 17 heavy (non-hydrogen) atoms. The fraction of sp³-hybridized carbons (Fsp3) is 0.273. The van der Waals surface area contributed by atoms with E-state index >= 15 is 0 Å². The average Bonchev–Trinajstić information content (AvgIpc) is 2.86. The Hall–Kier alpha value is -2.08. The van der Waals surface area contributed by atoms with Crippen LogP contribution in [-0.4, -0.2) is 24.4 Å². The van der Waals surface area contributed by atoms with Crippen molar-refractivity contribution >= 4 is 0 Å². The molecule has 0 saturated heterocycles. The molecule has 1 aromatic heterocycles. The molecule has 0 spiro atoms. The maximum atomic E-state index is 5.42. The molecule has 0 bridgehead atoms. The predicted molar refractivity (Wildman–Crippen MR) is 60.7 cm³/mol. The van der Waals surface area contributed by atoms with Crippen LogP contribution in [0.1, 0.15) is 5.89 Å². The summed E-state index contributed by atoms with van der Waals surface area (Å²) < 4.78 is 15.3. The van der Waals surface area contributed by atoms with E-state index in [1.165, 1.54) is 0 Å². The minimum atomic E-state index is 0.208. The maximum absolute atomic E-state index is 5.42. The first kappa shape index (κ1) is 11.4. The molecule has 2 rings (SSSR count). The summed E-state index contributed by atoms with van der Waals surface area (Å²) in [7, 11) is 3.17. The predicted octanol–water partition coefficient (Wildman–Crippen LogP) is 1.21. The number of aromatic nitrogens is 2. The second-order valence-corrected chi connectivity index (χ2v) is 3.28. The summed E-state index contributed by atoms with van der Waals surface area (Å²) in [4.78, 5) is 4.14. The smallest absolute Gasteiger partial charge is 0.240 e. The van der Waals surface area contributed by atoms with Crippen molar-refractivity contribution in [1.82, 2.24) is 10.1 Å². The molecule has 0 unspecified atom stereocenters. The Bertz CT molecular complexity index is 510. The fourth-order valence-electron chi connectivity index (χ4n) is 1.44. The molecule has 0 saturated carbocycles. The van der Waals surface area contributed by atoms with Gasteiger partial charge < -0.3 is 19.7 Å². The highest BCUT2D eigenvalue weighted by atomic mass is 16.5. The molecule has 6 nitrogen and oxygen atoms in total. The third-order valence-corrected chi connectivity index (χ3v) is 2.29. The van der Waals surface area contributed by atoms with Crippen molar-refractivity contribution < 1.29 is 14.0 Å². The van der Waals surface area contributed by atoms with Crippen molar-refractivity contribution in [1.29, 1.82) is 0 Å². The lowest BCUT2D eigenvalue weighted by molar-refractivity contribution is 0.379. The molecule has 0 fully saturated rings. The van der Waals surface area contributed by atoms with Gasteiger partial charge in [-0.1, -0.05) is 5.16 Å². The minimum Gasteiger partial charge on any atom is -0.497 e. The van der Waals surface area contributed by atoms with Crippen LogP contribution in [0.5, 0.6) is 11.5 Å². The van der Waals surface area contributed by atoms with Crippen LogP contribution < -0.4 is 15.2 Å². The van der Waals surface area contributed by atoms with Crippen LogP contribution in [0.3, 0.4) is 0 Å². The maximum Gasteiger partial charge on any atom is 0.240 e. The van der Waals surface area contributed by atoms with Gasteiger partial charge in [0.05, 0.1) is 26.3 Å². The molecule has 1 heterocycles. The summed E-state index contributed by atoms with van der Waals surface area (Å²) in [5.41, 5.74) is 6.12. The Balaban J connectivity index is 2.47. The summed E-state index contributed by atoms with van der Waals surface area (Å²) in [5, 5.41) is 3.84. The molecule has 0 radical (unpaired) electrons. The van der Waals surface area contributed by atoms with Crippen LogP contribution in [0, 0.1) is 0 Å². The van der Waals surface area contributed by atoms with Gasteiger partial charge in [0, 0.05) is 0 Å². The van der Waals surface area contributed by atoms with Gasteiger partial charge in [-0.15, -0.1) is 0 Å². The first-order valence-corrected chi connectivity index (χ1v) is 5.03. The topological polar surface area (TPSA) is 83.4 Å². The van der Waals surface area contributed by atoms with Crippen LogP contribution in [-0.2, 0) is 6.54 Å². The van der Waals surface area contributed by atoms with Gasteiger partial charge in [-0.3, -0.25) is 0 Å². The summed E-state index contributed by atoms with van der Waals surface area (Å²) in [6, 6.07) is 5.36. The van der Waals surface area contributed by atoms with E-state index in [9.17, 15) is 0 Å². The monoisotopic (exact) mass is 235 g/mol. The zero-order valence-electron chi connectivity index (χ0n) is 9.64. The van der Waals surface area contributed by atoms with E-state index in [-0.39, 0.29) is 6.54 Å². The van der Waals surface area contributed by atoms with Crippen LogP contribution in [0.25, 0.3) is 11.4 Å². The molecule has 90 valence electrons. The van der Waals surface area contributed by atoms with Crippen molar-refractivity contribution in [2.75, 3.05) is 14.2 Å². The zero-order valence-corrected chi connectivity index (χ0v) is 9.64. The van der Waals surface area contributed by atoms with Crippen LogP contribution >= 0.6 is 0 Å². The van der Waals surface area contributed by atoms with Gasteiger partial charge in [-0.2, -0.15) is 4.98 Å². The largest absolute Gasteiger partial charge is 0.497 e. The highest BCUT2D eigenvalue weighted by Gasteiger charge is 2.13. The van der Waals surface area contributed by atoms with Crippen LogP contribution in [0.4, 0.5) is 0 Å². The Labute approximate surface area is 98.3 Å². The standard InChI is InChI=1S/C11H13N3O3/c1-15-7-3-4-9(16-2)8(5-7)11-13-10(6-12)17-14-11/h3-5H,6,12H2,1-2H3. The lowest BCUT2D eigenvalue weighted by Crippen LogP contribution is -1.96. The molecule has 6 heteroatoms. The van der Waals surface area contributed by atoms with Gasteiger partial charge in [0.25, 0.3) is 0 Å². The number of benzene rings is 1. The van der Waals surface area contributed by atoms with Crippen LogP contribution in [0.15, 0.2) is 22.7 Å². The van der Waals surface area contributed by atoms with E-state index in [0.717, 1.165) is 0 Å². The lowest BCUT2D eigenvalue weighted by Gasteiger charge is -2.06. The van der Waals surface area contributed by atoms with Gasteiger partial charge in [0.15, 0.2) is 0 Å². The van der Waals surface area contributed by atoms with E-state index < -0.39 is 0 Å². The molecule has 0 atom stereocenters. The second-order valence-electron chi connectivity index (χ2n) is 3.28. The number of rotatable bonds is 4. The number of nitrogens with two attached hydrogens (primary N) is 1. The average molecular weight is 235 g/mol. The van der Waals surface area contributed by atoms with Gasteiger partial charge >= 0.3 is 0 Å². The molecule has 1 aromatic carbocycles. The summed E-state index contributed by atoms with van der Waals surface area (Å²) in [6.45, 7) is 0.208. The third kappa shape index (κ3) is 2.21. The first-order valence-electron chi connectivity index (χ1n) is 5.03. The zero-order chi connectivity index (χ0) is 12.3.